The van der Waals surface area contributed by atoms with Crippen LogP contribution in [0.3, 0.4) is 0 Å². The molecule has 0 saturated heterocycles. The Kier molecular flexibility index (Phi) is 16.4. The summed E-state index contributed by atoms with van der Waals surface area (Å²) in [4.78, 5) is 24.8. The fourth-order valence-electron chi connectivity index (χ4n) is 4.14. The summed E-state index contributed by atoms with van der Waals surface area (Å²) in [5.74, 6) is 12.1. The van der Waals surface area contributed by atoms with E-state index in [0.29, 0.717) is 26.1 Å². The van der Waals surface area contributed by atoms with Crippen LogP contribution in [0.2, 0.25) is 0 Å². The van der Waals surface area contributed by atoms with E-state index in [1.54, 1.807) is 37.4 Å². The minimum absolute atomic E-state index is 0.347. The van der Waals surface area contributed by atoms with E-state index in [1.165, 1.54) is 0 Å². The molecule has 2 unspecified atom stereocenters. The van der Waals surface area contributed by atoms with Gasteiger partial charge in [-0.15, -0.1) is 23.5 Å². The van der Waals surface area contributed by atoms with Crippen molar-refractivity contribution in [3.05, 3.63) is 119 Å². The summed E-state index contributed by atoms with van der Waals surface area (Å²) in [6.07, 6.45) is 6.77. The maximum atomic E-state index is 11.3. The number of benzene rings is 3. The number of hydrogen-bond acceptors (Lipinski definition) is 6. The first-order chi connectivity index (χ1) is 22.4. The van der Waals surface area contributed by atoms with Gasteiger partial charge in [0.2, 0.25) is 0 Å². The first-order valence-corrected chi connectivity index (χ1v) is 16.9. The van der Waals surface area contributed by atoms with Crippen molar-refractivity contribution in [1.82, 2.24) is 0 Å². The minimum atomic E-state index is -0.945. The summed E-state index contributed by atoms with van der Waals surface area (Å²) >= 11 is 3.36. The number of hydrogen-bond donors (Lipinski definition) is 2. The smallest absolute Gasteiger partial charge is 0.333 e. The molecule has 0 aliphatic carbocycles. The van der Waals surface area contributed by atoms with Gasteiger partial charge >= 0.3 is 11.9 Å². The molecule has 0 radical (unpaired) electrons. The van der Waals surface area contributed by atoms with Crippen molar-refractivity contribution in [1.29, 1.82) is 0 Å². The van der Waals surface area contributed by atoms with Crippen molar-refractivity contribution < 1.29 is 29.3 Å². The molecule has 0 heterocycles. The SMILES string of the molecule is CCOC(Cc1ccc(SCC=CC#Cc2cccc(C#CC=CCSc3ccc(CC(OCC)C(=O)O)cc3)c2)cc1)C(=O)O. The Hall–Kier alpha value is -4.18. The predicted molar refractivity (Wildman–Crippen MR) is 186 cm³/mol. The molecule has 3 aromatic carbocycles. The number of thioether (sulfide) groups is 2. The fraction of sp³-hybridized carbons (Fsp3) is 0.263. The maximum Gasteiger partial charge on any atom is 0.333 e. The van der Waals surface area contributed by atoms with Crippen LogP contribution in [0.25, 0.3) is 0 Å². The zero-order chi connectivity index (χ0) is 33.0. The highest BCUT2D eigenvalue weighted by Gasteiger charge is 2.18. The number of ether oxygens (including phenoxy) is 2. The molecular weight excluding hydrogens is 617 g/mol. The van der Waals surface area contributed by atoms with Crippen molar-refractivity contribution in [3.63, 3.8) is 0 Å². The number of carbonyl (C=O) groups is 2. The Balaban J connectivity index is 1.40. The standard InChI is InChI=1S/C38H38O6S2/c1-3-43-35(37(39)40)27-31-16-20-33(21-17-31)45-24-9-5-7-12-29-14-11-15-30(26-29)13-8-6-10-25-46-34-22-18-32(19-23-34)28-36(38(41)42)44-4-2/h5-6,9-11,14-23,26,35-36H,3-4,24-25,27-28H2,1-2H3,(H,39,40)(H,41,42). The van der Waals surface area contributed by atoms with Gasteiger partial charge in [0, 0.05) is 58.5 Å². The highest BCUT2D eigenvalue weighted by atomic mass is 32.2. The molecule has 3 rings (SSSR count). The minimum Gasteiger partial charge on any atom is -0.479 e. The lowest BCUT2D eigenvalue weighted by Gasteiger charge is -2.12. The van der Waals surface area contributed by atoms with E-state index < -0.39 is 24.1 Å². The van der Waals surface area contributed by atoms with Crippen molar-refractivity contribution in [2.75, 3.05) is 24.7 Å². The van der Waals surface area contributed by atoms with Crippen molar-refractivity contribution in [2.45, 2.75) is 48.7 Å². The highest BCUT2D eigenvalue weighted by molar-refractivity contribution is 7.99. The molecule has 0 aliphatic rings. The molecule has 0 fully saturated rings. The van der Waals surface area contributed by atoms with Crippen molar-refractivity contribution in [2.24, 2.45) is 0 Å². The van der Waals surface area contributed by atoms with Crippen LogP contribution >= 0.6 is 23.5 Å². The molecule has 6 nitrogen and oxygen atoms in total. The lowest BCUT2D eigenvalue weighted by molar-refractivity contribution is -0.150. The first-order valence-electron chi connectivity index (χ1n) is 14.9. The van der Waals surface area contributed by atoms with Crippen LogP contribution < -0.4 is 0 Å². The lowest BCUT2D eigenvalue weighted by Crippen LogP contribution is -2.26. The van der Waals surface area contributed by atoms with Gasteiger partial charge in [-0.3, -0.25) is 0 Å². The molecule has 0 aliphatic heterocycles. The Morgan fingerprint density at radius 2 is 1.11 bits per heavy atom. The zero-order valence-electron chi connectivity index (χ0n) is 26.0. The average molecular weight is 655 g/mol. The van der Waals surface area contributed by atoms with Gasteiger partial charge < -0.3 is 19.7 Å². The predicted octanol–water partition coefficient (Wildman–Crippen LogP) is 7.15. The molecule has 0 spiro atoms. The molecule has 46 heavy (non-hydrogen) atoms. The van der Waals surface area contributed by atoms with Gasteiger partial charge in [-0.25, -0.2) is 9.59 Å². The number of rotatable bonds is 16. The Morgan fingerprint density at radius 3 is 1.48 bits per heavy atom. The largest absolute Gasteiger partial charge is 0.479 e. The number of allylic oxidation sites excluding steroid dienone is 2. The quantitative estimate of drug-likeness (QED) is 0.124. The molecule has 3 aromatic rings. The fourth-order valence-corrected chi connectivity index (χ4v) is 5.56. The Labute approximate surface area is 280 Å². The van der Waals surface area contributed by atoms with E-state index in [9.17, 15) is 19.8 Å². The summed E-state index contributed by atoms with van der Waals surface area (Å²) < 4.78 is 10.6. The molecule has 2 N–H and O–H groups in total. The van der Waals surface area contributed by atoms with Gasteiger partial charge in [0.25, 0.3) is 0 Å². The third-order valence-corrected chi connectivity index (χ3v) is 8.30. The summed E-state index contributed by atoms with van der Waals surface area (Å²) in [6.45, 7) is 4.32. The van der Waals surface area contributed by atoms with Crippen LogP contribution in [-0.4, -0.2) is 59.1 Å². The lowest BCUT2D eigenvalue weighted by atomic mass is 10.1. The Bertz CT molecular complexity index is 1470. The third-order valence-electron chi connectivity index (χ3n) is 6.37. The molecular formula is C38H38O6S2. The van der Waals surface area contributed by atoms with Crippen LogP contribution in [-0.2, 0) is 31.9 Å². The molecule has 0 bridgehead atoms. The van der Waals surface area contributed by atoms with Crippen LogP contribution in [0, 0.1) is 23.7 Å². The van der Waals surface area contributed by atoms with Gasteiger partial charge in [-0.05, 0) is 79.6 Å². The molecule has 2 atom stereocenters. The zero-order valence-corrected chi connectivity index (χ0v) is 27.6. The second-order valence-corrected chi connectivity index (χ2v) is 12.0. The van der Waals surface area contributed by atoms with E-state index in [-0.39, 0.29) is 0 Å². The van der Waals surface area contributed by atoms with E-state index in [2.05, 4.69) is 23.7 Å². The van der Waals surface area contributed by atoms with Gasteiger partial charge in [-0.1, -0.05) is 66.2 Å². The second-order valence-electron chi connectivity index (χ2n) is 9.81. The van der Waals surface area contributed by atoms with Crippen LogP contribution in [0.1, 0.15) is 36.1 Å². The van der Waals surface area contributed by atoms with E-state index in [0.717, 1.165) is 43.6 Å². The monoisotopic (exact) mass is 654 g/mol. The summed E-state index contributed by atoms with van der Waals surface area (Å²) in [7, 11) is 0. The summed E-state index contributed by atoms with van der Waals surface area (Å²) in [5, 5.41) is 18.5. The topological polar surface area (TPSA) is 93.1 Å². The van der Waals surface area contributed by atoms with Crippen LogP contribution in [0.15, 0.2) is 107 Å². The molecule has 238 valence electrons. The summed E-state index contributed by atoms with van der Waals surface area (Å²) in [5.41, 5.74) is 3.65. The van der Waals surface area contributed by atoms with E-state index >= 15 is 0 Å². The van der Waals surface area contributed by atoms with Gasteiger partial charge in [-0.2, -0.15) is 0 Å². The Morgan fingerprint density at radius 1 is 0.696 bits per heavy atom. The highest BCUT2D eigenvalue weighted by Crippen LogP contribution is 2.20. The maximum absolute atomic E-state index is 11.3. The number of carboxylic acid groups (broad SMARTS) is 2. The molecule has 0 saturated carbocycles. The van der Waals surface area contributed by atoms with E-state index in [4.69, 9.17) is 9.47 Å². The van der Waals surface area contributed by atoms with Crippen molar-refractivity contribution in [3.8, 4) is 23.7 Å². The molecule has 0 amide bonds. The van der Waals surface area contributed by atoms with Gasteiger partial charge in [0.05, 0.1) is 0 Å². The molecule has 0 aromatic heterocycles. The second kappa shape index (κ2) is 20.8. The van der Waals surface area contributed by atoms with Crippen LogP contribution in [0.4, 0.5) is 0 Å². The van der Waals surface area contributed by atoms with Gasteiger partial charge in [0.15, 0.2) is 12.2 Å². The van der Waals surface area contributed by atoms with E-state index in [1.807, 2.05) is 97.1 Å². The summed E-state index contributed by atoms with van der Waals surface area (Å²) in [6, 6.07) is 23.6. The molecule has 8 heteroatoms. The van der Waals surface area contributed by atoms with Crippen LogP contribution in [0.5, 0.6) is 0 Å². The normalized spacial score (nSPS) is 12.2. The first kappa shape index (κ1) is 36.3. The number of carboxylic acids is 2. The van der Waals surface area contributed by atoms with Crippen molar-refractivity contribution >= 4 is 35.5 Å². The third kappa shape index (κ3) is 13.9. The number of aliphatic carboxylic acids is 2. The van der Waals surface area contributed by atoms with Gasteiger partial charge in [0.1, 0.15) is 0 Å². The average Bonchev–Trinajstić information content (AvgIpc) is 3.05.